The highest BCUT2D eigenvalue weighted by molar-refractivity contribution is 14.1. The first-order chi connectivity index (χ1) is 6.88. The van der Waals surface area contributed by atoms with Crippen LogP contribution in [0.4, 0.5) is 0 Å². The first kappa shape index (κ1) is 10.0. The number of hydrogen-bond acceptors (Lipinski definition) is 0. The molecule has 0 bridgehead atoms. The van der Waals surface area contributed by atoms with Gasteiger partial charge in [0.15, 0.2) is 0 Å². The van der Waals surface area contributed by atoms with E-state index in [-0.39, 0.29) is 5.41 Å². The normalized spacial score (nSPS) is 11.6. The second kappa shape index (κ2) is 4.84. The largest absolute Gasteiger partial charge is 0.0979 e. The van der Waals surface area contributed by atoms with Crippen molar-refractivity contribution in [3.63, 3.8) is 0 Å². The van der Waals surface area contributed by atoms with Gasteiger partial charge in [-0.3, -0.25) is 0 Å². The van der Waals surface area contributed by atoms with E-state index in [1.807, 2.05) is 18.2 Å². The topological polar surface area (TPSA) is 0 Å². The summed E-state index contributed by atoms with van der Waals surface area (Å²) in [6.45, 7) is 6.31. The third-order valence-electron chi connectivity index (χ3n) is 1.63. The molecule has 0 saturated carbocycles. The van der Waals surface area contributed by atoms with Crippen LogP contribution in [0.2, 0.25) is 0 Å². The minimum absolute atomic E-state index is 0.0595. The molecular formula is C13H15I. The Morgan fingerprint density at radius 3 is 2.79 bits per heavy atom. The molecule has 0 nitrogen and oxygen atoms in total. The second-order valence-electron chi connectivity index (χ2n) is 4.25. The predicted molar refractivity (Wildman–Crippen MR) is 70.1 cm³/mol. The molecule has 0 fully saturated rings. The van der Waals surface area contributed by atoms with Crippen LogP contribution in [0.15, 0.2) is 24.2 Å². The summed E-state index contributed by atoms with van der Waals surface area (Å²) in [6, 6.07) is 6.22. The van der Waals surface area contributed by atoms with E-state index < -0.39 is 0 Å². The van der Waals surface area contributed by atoms with Crippen molar-refractivity contribution in [2.75, 3.05) is 0 Å². The lowest BCUT2D eigenvalue weighted by Gasteiger charge is -2.07. The Morgan fingerprint density at radius 1 is 1.43 bits per heavy atom. The fourth-order valence-corrected chi connectivity index (χ4v) is 1.51. The predicted octanol–water partition coefficient (Wildman–Crippen LogP) is 3.88. The molecule has 74 valence electrons. The van der Waals surface area contributed by atoms with Gasteiger partial charge in [0, 0.05) is 15.4 Å². The van der Waals surface area contributed by atoms with Crippen LogP contribution in [0.3, 0.4) is 0 Å². The molecule has 1 rings (SSSR count). The van der Waals surface area contributed by atoms with E-state index in [1.54, 1.807) is 0 Å². The van der Waals surface area contributed by atoms with Gasteiger partial charge in [0.05, 0.1) is 1.37 Å². The number of rotatable bonds is 1. The number of halogens is 1. The van der Waals surface area contributed by atoms with E-state index >= 15 is 0 Å². The first-order valence-corrected chi connectivity index (χ1v) is 5.71. The average molecular weight is 299 g/mol. The molecule has 1 aromatic rings. The third-order valence-corrected chi connectivity index (χ3v) is 2.68. The molecule has 0 aliphatic heterocycles. The maximum Gasteiger partial charge on any atom is 0.0623 e. The summed E-state index contributed by atoms with van der Waals surface area (Å²) < 4.78 is 8.73. The molecule has 14 heavy (non-hydrogen) atoms. The van der Waals surface area contributed by atoms with Crippen LogP contribution in [-0.2, 0) is 6.42 Å². The van der Waals surface area contributed by atoms with Crippen LogP contribution in [-0.4, -0.2) is 0 Å². The molecule has 0 aromatic heterocycles. The summed E-state index contributed by atoms with van der Waals surface area (Å²) in [6.07, 6.45) is 0.738. The van der Waals surface area contributed by atoms with Crippen LogP contribution in [0.1, 0.15) is 27.7 Å². The van der Waals surface area contributed by atoms with Crippen molar-refractivity contribution < 1.29 is 1.37 Å². The smallest absolute Gasteiger partial charge is 0.0623 e. The van der Waals surface area contributed by atoms with Crippen molar-refractivity contribution in [3.05, 3.63) is 33.4 Å². The highest BCUT2D eigenvalue weighted by Gasteiger charge is 2.03. The fraction of sp³-hybridized carbons (Fsp3) is 0.385. The highest BCUT2D eigenvalue weighted by atomic mass is 127. The van der Waals surface area contributed by atoms with Crippen LogP contribution in [0.5, 0.6) is 0 Å². The SMILES string of the molecule is [2H]c1ccc(I)c(CC#CC(C)(C)C)c1. The maximum atomic E-state index is 7.54. The molecule has 1 aromatic carbocycles. The van der Waals surface area contributed by atoms with E-state index in [1.165, 1.54) is 3.57 Å². The van der Waals surface area contributed by atoms with Gasteiger partial charge in [-0.15, -0.1) is 0 Å². The third kappa shape index (κ3) is 4.15. The Hall–Kier alpha value is -0.490. The van der Waals surface area contributed by atoms with Gasteiger partial charge in [0.1, 0.15) is 0 Å². The van der Waals surface area contributed by atoms with Gasteiger partial charge in [-0.2, -0.15) is 0 Å². The number of benzene rings is 1. The Kier molecular flexibility index (Phi) is 3.47. The van der Waals surface area contributed by atoms with E-state index in [0.29, 0.717) is 6.04 Å². The van der Waals surface area contributed by atoms with Crippen LogP contribution >= 0.6 is 22.6 Å². The van der Waals surface area contributed by atoms with Crippen LogP contribution in [0.25, 0.3) is 0 Å². The summed E-state index contributed by atoms with van der Waals surface area (Å²) >= 11 is 2.29. The molecular weight excluding hydrogens is 283 g/mol. The lowest BCUT2D eigenvalue weighted by molar-refractivity contribution is 0.570. The van der Waals surface area contributed by atoms with E-state index in [2.05, 4.69) is 55.2 Å². The summed E-state index contributed by atoms with van der Waals surface area (Å²) in [5.74, 6) is 6.37. The molecule has 0 aliphatic rings. The average Bonchev–Trinajstić information content (AvgIpc) is 2.09. The van der Waals surface area contributed by atoms with E-state index in [4.69, 9.17) is 1.37 Å². The zero-order valence-corrected chi connectivity index (χ0v) is 11.0. The Morgan fingerprint density at radius 2 is 2.14 bits per heavy atom. The van der Waals surface area contributed by atoms with Gasteiger partial charge in [0.2, 0.25) is 0 Å². The fourth-order valence-electron chi connectivity index (χ4n) is 0.986. The summed E-state index contributed by atoms with van der Waals surface area (Å²) in [5.41, 5.74) is 1.21. The summed E-state index contributed by atoms with van der Waals surface area (Å²) in [7, 11) is 0. The van der Waals surface area contributed by atoms with Gasteiger partial charge in [-0.05, 0) is 55.0 Å². The molecule has 1 heteroatoms. The van der Waals surface area contributed by atoms with E-state index in [9.17, 15) is 0 Å². The molecule has 0 radical (unpaired) electrons. The quantitative estimate of drug-likeness (QED) is 0.545. The van der Waals surface area contributed by atoms with Gasteiger partial charge in [-0.25, -0.2) is 0 Å². The van der Waals surface area contributed by atoms with Gasteiger partial charge in [0.25, 0.3) is 0 Å². The summed E-state index contributed by atoms with van der Waals surface area (Å²) in [5, 5.41) is 0. The van der Waals surface area contributed by atoms with Crippen LogP contribution < -0.4 is 0 Å². The highest BCUT2D eigenvalue weighted by Crippen LogP contribution is 2.13. The molecule has 0 saturated heterocycles. The van der Waals surface area contributed by atoms with Crippen molar-refractivity contribution in [3.8, 4) is 11.8 Å². The Labute approximate surface area is 102 Å². The molecule has 0 N–H and O–H groups in total. The Balaban J connectivity index is 2.80. The molecule has 0 amide bonds. The summed E-state index contributed by atoms with van der Waals surface area (Å²) in [4.78, 5) is 0. The van der Waals surface area contributed by atoms with Crippen molar-refractivity contribution in [1.29, 1.82) is 0 Å². The monoisotopic (exact) mass is 299 g/mol. The second-order valence-corrected chi connectivity index (χ2v) is 5.41. The minimum atomic E-state index is 0.0595. The van der Waals surface area contributed by atoms with Crippen molar-refractivity contribution in [2.45, 2.75) is 27.2 Å². The van der Waals surface area contributed by atoms with Crippen LogP contribution in [0, 0.1) is 20.8 Å². The van der Waals surface area contributed by atoms with Gasteiger partial charge >= 0.3 is 0 Å². The first-order valence-electron chi connectivity index (χ1n) is 5.13. The zero-order valence-electron chi connectivity index (χ0n) is 9.82. The van der Waals surface area contributed by atoms with Crippen molar-refractivity contribution >= 4 is 22.6 Å². The molecule has 0 aliphatic carbocycles. The lowest BCUT2D eigenvalue weighted by Crippen LogP contribution is -1.99. The minimum Gasteiger partial charge on any atom is -0.0979 e. The van der Waals surface area contributed by atoms with Crippen molar-refractivity contribution in [1.82, 2.24) is 0 Å². The Bertz CT molecular complexity index is 405. The molecule has 0 spiro atoms. The van der Waals surface area contributed by atoms with Gasteiger partial charge in [-0.1, -0.05) is 30.0 Å². The zero-order chi connectivity index (χ0) is 11.5. The standard InChI is InChI=1S/C13H15I/c1-13(2,3)10-6-8-11-7-4-5-9-12(11)14/h4-5,7,9H,8H2,1-3H3/i4D. The molecule has 0 atom stereocenters. The van der Waals surface area contributed by atoms with Gasteiger partial charge < -0.3 is 0 Å². The molecule has 0 unspecified atom stereocenters. The molecule has 0 heterocycles. The van der Waals surface area contributed by atoms with Crippen molar-refractivity contribution in [2.24, 2.45) is 5.41 Å². The lowest BCUT2D eigenvalue weighted by atomic mass is 9.97. The maximum absolute atomic E-state index is 7.54. The number of hydrogen-bond donors (Lipinski definition) is 0. The van der Waals surface area contributed by atoms with E-state index in [0.717, 1.165) is 12.0 Å².